The van der Waals surface area contributed by atoms with E-state index in [0.717, 1.165) is 18.2 Å². The second-order valence-corrected chi connectivity index (χ2v) is 5.48. The number of anilines is 2. The zero-order chi connectivity index (χ0) is 14.0. The van der Waals surface area contributed by atoms with E-state index in [0.29, 0.717) is 5.69 Å². The maximum Gasteiger partial charge on any atom is 0.261 e. The second-order valence-electron chi connectivity index (χ2n) is 3.80. The van der Waals surface area contributed by atoms with Gasteiger partial charge >= 0.3 is 0 Å². The highest BCUT2D eigenvalue weighted by atomic mass is 32.2. The van der Waals surface area contributed by atoms with Crippen LogP contribution in [-0.2, 0) is 10.0 Å². The number of nitrogen functional groups attached to an aromatic ring is 1. The van der Waals surface area contributed by atoms with Gasteiger partial charge in [0.15, 0.2) is 0 Å². The lowest BCUT2D eigenvalue weighted by atomic mass is 10.3. The summed E-state index contributed by atoms with van der Waals surface area (Å²) >= 11 is 0. The van der Waals surface area contributed by atoms with Gasteiger partial charge in [0.25, 0.3) is 10.0 Å². The van der Waals surface area contributed by atoms with Gasteiger partial charge in [-0.3, -0.25) is 4.72 Å². The van der Waals surface area contributed by atoms with Crippen molar-refractivity contribution >= 4 is 21.4 Å². The maximum atomic E-state index is 13.4. The molecule has 0 aliphatic rings. The fourth-order valence-electron chi connectivity index (χ4n) is 1.43. The highest BCUT2D eigenvalue weighted by Crippen LogP contribution is 2.20. The zero-order valence-corrected chi connectivity index (χ0v) is 10.4. The molecule has 2 rings (SSSR count). The smallest absolute Gasteiger partial charge is 0.261 e. The standard InChI is InChI=1S/C12H10F2N2O2S/c13-8-1-6-11(14)12(7-8)16-19(17,18)10-4-2-9(15)3-5-10/h1-7,16H,15H2. The average molecular weight is 284 g/mol. The first-order valence-electron chi connectivity index (χ1n) is 5.22. The van der Waals surface area contributed by atoms with Gasteiger partial charge in [-0.2, -0.15) is 0 Å². The number of nitrogens with two attached hydrogens (primary N) is 1. The average Bonchev–Trinajstić information content (AvgIpc) is 2.34. The summed E-state index contributed by atoms with van der Waals surface area (Å²) in [4.78, 5) is -0.0923. The quantitative estimate of drug-likeness (QED) is 0.850. The first kappa shape index (κ1) is 13.3. The molecule has 0 saturated carbocycles. The molecule has 0 radical (unpaired) electrons. The number of rotatable bonds is 3. The minimum atomic E-state index is -3.98. The summed E-state index contributed by atoms with van der Waals surface area (Å²) in [6.07, 6.45) is 0. The van der Waals surface area contributed by atoms with Crippen LogP contribution in [-0.4, -0.2) is 8.42 Å². The van der Waals surface area contributed by atoms with Crippen LogP contribution in [0.2, 0.25) is 0 Å². The van der Waals surface area contributed by atoms with Crippen molar-refractivity contribution in [2.24, 2.45) is 0 Å². The van der Waals surface area contributed by atoms with Crippen LogP contribution >= 0.6 is 0 Å². The predicted octanol–water partition coefficient (Wildman–Crippen LogP) is 2.35. The van der Waals surface area contributed by atoms with E-state index in [1.165, 1.54) is 24.3 Å². The third-order valence-corrected chi connectivity index (χ3v) is 3.74. The fourth-order valence-corrected chi connectivity index (χ4v) is 2.48. The molecule has 0 fully saturated rings. The highest BCUT2D eigenvalue weighted by molar-refractivity contribution is 7.92. The van der Waals surface area contributed by atoms with Gasteiger partial charge in [-0.25, -0.2) is 17.2 Å². The van der Waals surface area contributed by atoms with Crippen LogP contribution in [0.25, 0.3) is 0 Å². The SMILES string of the molecule is Nc1ccc(S(=O)(=O)Nc2cc(F)ccc2F)cc1. The Morgan fingerprint density at radius 2 is 1.63 bits per heavy atom. The van der Waals surface area contributed by atoms with E-state index in [1.54, 1.807) is 0 Å². The van der Waals surface area contributed by atoms with Crippen molar-refractivity contribution in [1.82, 2.24) is 0 Å². The van der Waals surface area contributed by atoms with E-state index < -0.39 is 27.3 Å². The number of sulfonamides is 1. The fraction of sp³-hybridized carbons (Fsp3) is 0. The Morgan fingerprint density at radius 3 is 2.26 bits per heavy atom. The summed E-state index contributed by atoms with van der Waals surface area (Å²) < 4.78 is 52.2. The van der Waals surface area contributed by atoms with Crippen LogP contribution in [0.5, 0.6) is 0 Å². The van der Waals surface area contributed by atoms with Crippen molar-refractivity contribution in [2.45, 2.75) is 4.90 Å². The number of hydrogen-bond acceptors (Lipinski definition) is 3. The molecule has 0 aromatic heterocycles. The number of halogens is 2. The Labute approximate surface area is 108 Å². The lowest BCUT2D eigenvalue weighted by Crippen LogP contribution is -2.14. The van der Waals surface area contributed by atoms with Crippen LogP contribution in [0.3, 0.4) is 0 Å². The summed E-state index contributed by atoms with van der Waals surface area (Å²) in [6.45, 7) is 0. The number of hydrogen-bond donors (Lipinski definition) is 2. The van der Waals surface area contributed by atoms with E-state index in [-0.39, 0.29) is 4.90 Å². The molecule has 3 N–H and O–H groups in total. The Balaban J connectivity index is 2.36. The number of nitrogens with one attached hydrogen (secondary N) is 1. The molecular formula is C12H10F2N2O2S. The van der Waals surface area contributed by atoms with Crippen molar-refractivity contribution in [1.29, 1.82) is 0 Å². The Kier molecular flexibility index (Phi) is 3.39. The maximum absolute atomic E-state index is 13.4. The summed E-state index contributed by atoms with van der Waals surface area (Å²) in [6, 6.07) is 7.85. The monoisotopic (exact) mass is 284 g/mol. The van der Waals surface area contributed by atoms with Crippen molar-refractivity contribution in [2.75, 3.05) is 10.5 Å². The lowest BCUT2D eigenvalue weighted by Gasteiger charge is -2.09. The largest absolute Gasteiger partial charge is 0.399 e. The molecule has 7 heteroatoms. The molecular weight excluding hydrogens is 274 g/mol. The van der Waals surface area contributed by atoms with Crippen LogP contribution < -0.4 is 10.5 Å². The Morgan fingerprint density at radius 1 is 1.00 bits per heavy atom. The second kappa shape index (κ2) is 4.85. The van der Waals surface area contributed by atoms with E-state index in [2.05, 4.69) is 0 Å². The first-order chi connectivity index (χ1) is 8.88. The van der Waals surface area contributed by atoms with Gasteiger partial charge in [0.2, 0.25) is 0 Å². The summed E-state index contributed by atoms with van der Waals surface area (Å²) in [7, 11) is -3.98. The third kappa shape index (κ3) is 3.00. The Hall–Kier alpha value is -2.15. The molecule has 0 heterocycles. The normalized spacial score (nSPS) is 11.3. The van der Waals surface area contributed by atoms with Gasteiger partial charge in [0.1, 0.15) is 11.6 Å². The van der Waals surface area contributed by atoms with Gasteiger partial charge in [0, 0.05) is 11.8 Å². The minimum Gasteiger partial charge on any atom is -0.399 e. The molecule has 0 bridgehead atoms. The van der Waals surface area contributed by atoms with Crippen LogP contribution in [0.1, 0.15) is 0 Å². The topological polar surface area (TPSA) is 72.2 Å². The Bertz CT molecular complexity index is 700. The highest BCUT2D eigenvalue weighted by Gasteiger charge is 2.16. The van der Waals surface area contributed by atoms with Gasteiger partial charge in [0.05, 0.1) is 10.6 Å². The van der Waals surface area contributed by atoms with Crippen molar-refractivity contribution in [3.63, 3.8) is 0 Å². The van der Waals surface area contributed by atoms with Crippen LogP contribution in [0.15, 0.2) is 47.4 Å². The van der Waals surface area contributed by atoms with Gasteiger partial charge < -0.3 is 5.73 Å². The predicted molar refractivity (Wildman–Crippen MR) is 68.0 cm³/mol. The molecule has 0 aliphatic carbocycles. The van der Waals surface area contributed by atoms with Crippen LogP contribution in [0.4, 0.5) is 20.2 Å². The summed E-state index contributed by atoms with van der Waals surface area (Å²) in [5.74, 6) is -1.60. The molecule has 0 unspecified atom stereocenters. The molecule has 2 aromatic rings. The van der Waals surface area contributed by atoms with Gasteiger partial charge in [-0.1, -0.05) is 0 Å². The zero-order valence-electron chi connectivity index (χ0n) is 9.60. The summed E-state index contributed by atoms with van der Waals surface area (Å²) in [5, 5.41) is 0. The van der Waals surface area contributed by atoms with E-state index in [4.69, 9.17) is 5.73 Å². The van der Waals surface area contributed by atoms with Crippen LogP contribution in [0, 0.1) is 11.6 Å². The third-order valence-electron chi connectivity index (χ3n) is 2.36. The van der Waals surface area contributed by atoms with E-state index >= 15 is 0 Å². The molecule has 0 amide bonds. The first-order valence-corrected chi connectivity index (χ1v) is 6.70. The molecule has 19 heavy (non-hydrogen) atoms. The molecule has 2 aromatic carbocycles. The molecule has 0 spiro atoms. The molecule has 100 valence electrons. The number of benzene rings is 2. The van der Waals surface area contributed by atoms with Gasteiger partial charge in [-0.05, 0) is 36.4 Å². The van der Waals surface area contributed by atoms with E-state index in [1.807, 2.05) is 4.72 Å². The minimum absolute atomic E-state index is 0.0923. The van der Waals surface area contributed by atoms with Crippen molar-refractivity contribution < 1.29 is 17.2 Å². The molecule has 0 saturated heterocycles. The molecule has 4 nitrogen and oxygen atoms in total. The lowest BCUT2D eigenvalue weighted by molar-refractivity contribution is 0.594. The van der Waals surface area contributed by atoms with E-state index in [9.17, 15) is 17.2 Å². The van der Waals surface area contributed by atoms with Crippen molar-refractivity contribution in [3.8, 4) is 0 Å². The molecule has 0 atom stereocenters. The van der Waals surface area contributed by atoms with Crippen molar-refractivity contribution in [3.05, 3.63) is 54.1 Å². The molecule has 0 aliphatic heterocycles. The van der Waals surface area contributed by atoms with Gasteiger partial charge in [-0.15, -0.1) is 0 Å². The summed E-state index contributed by atoms with van der Waals surface area (Å²) in [5.41, 5.74) is 5.39.